The largest absolute Gasteiger partial charge is 0.463 e. The Hall–Kier alpha value is -0.570. The number of carbonyl (C=O) groups is 1. The van der Waals surface area contributed by atoms with E-state index in [1.54, 1.807) is 0 Å². The summed E-state index contributed by atoms with van der Waals surface area (Å²) in [4.78, 5) is 11.7. The van der Waals surface area contributed by atoms with Crippen LogP contribution in [0.2, 0.25) is 0 Å². The normalized spacial score (nSPS) is 22.5. The molecule has 15 heavy (non-hydrogen) atoms. The highest BCUT2D eigenvalue weighted by Gasteiger charge is 2.28. The molecule has 1 atom stereocenters. The fraction of sp³-hybridized carbons (Fsp3) is 0.917. The lowest BCUT2D eigenvalue weighted by Crippen LogP contribution is -2.31. The Bertz CT molecular complexity index is 205. The number of rotatable bonds is 4. The van der Waals surface area contributed by atoms with Gasteiger partial charge in [0.2, 0.25) is 0 Å². The number of hydrogen-bond acceptors (Lipinski definition) is 3. The number of esters is 1. The van der Waals surface area contributed by atoms with Crippen LogP contribution < -0.4 is 0 Å². The summed E-state index contributed by atoms with van der Waals surface area (Å²) in [5.41, 5.74) is -0.366. The molecule has 3 nitrogen and oxygen atoms in total. The van der Waals surface area contributed by atoms with Gasteiger partial charge in [-0.05, 0) is 39.5 Å². The lowest BCUT2D eigenvalue weighted by Gasteiger charge is -2.25. The van der Waals surface area contributed by atoms with Gasteiger partial charge in [0.15, 0.2) is 0 Å². The number of carbonyl (C=O) groups excluding carboxylic acids is 1. The highest BCUT2D eigenvalue weighted by atomic mass is 16.6. The van der Waals surface area contributed by atoms with Crippen molar-refractivity contribution >= 4 is 5.97 Å². The summed E-state index contributed by atoms with van der Waals surface area (Å²) < 4.78 is 10.8. The molecule has 1 heterocycles. The second-order valence-corrected chi connectivity index (χ2v) is 4.82. The smallest absolute Gasteiger partial charge is 0.311 e. The molecule has 1 rings (SSSR count). The third kappa shape index (κ3) is 3.82. The van der Waals surface area contributed by atoms with Crippen LogP contribution in [-0.2, 0) is 14.3 Å². The van der Waals surface area contributed by atoms with Gasteiger partial charge in [-0.1, -0.05) is 6.92 Å². The molecule has 0 N–H and O–H groups in total. The molecule has 1 saturated heterocycles. The van der Waals surface area contributed by atoms with Crippen molar-refractivity contribution in [3.8, 4) is 0 Å². The minimum atomic E-state index is -0.366. The van der Waals surface area contributed by atoms with Gasteiger partial charge in [-0.25, -0.2) is 0 Å². The lowest BCUT2D eigenvalue weighted by molar-refractivity contribution is -0.159. The Balaban J connectivity index is 2.26. The molecule has 88 valence electrons. The van der Waals surface area contributed by atoms with Gasteiger partial charge in [0.05, 0.1) is 11.5 Å². The Morgan fingerprint density at radius 2 is 2.20 bits per heavy atom. The molecule has 1 aliphatic rings. The lowest BCUT2D eigenvalue weighted by atomic mass is 9.91. The van der Waals surface area contributed by atoms with E-state index in [1.807, 2.05) is 20.8 Å². The van der Waals surface area contributed by atoms with Gasteiger partial charge in [-0.3, -0.25) is 4.79 Å². The highest BCUT2D eigenvalue weighted by Crippen LogP contribution is 2.22. The van der Waals surface area contributed by atoms with Crippen LogP contribution in [0.25, 0.3) is 0 Å². The molecule has 0 radical (unpaired) electrons. The zero-order chi connectivity index (χ0) is 11.3. The number of ether oxygens (including phenoxy) is 2. The average molecular weight is 214 g/mol. The van der Waals surface area contributed by atoms with Gasteiger partial charge in [0.25, 0.3) is 0 Å². The Morgan fingerprint density at radius 3 is 2.73 bits per heavy atom. The van der Waals surface area contributed by atoms with Crippen molar-refractivity contribution in [1.82, 2.24) is 0 Å². The van der Waals surface area contributed by atoms with E-state index in [2.05, 4.69) is 0 Å². The van der Waals surface area contributed by atoms with Crippen molar-refractivity contribution < 1.29 is 14.3 Å². The summed E-state index contributed by atoms with van der Waals surface area (Å²) in [6.45, 7) is 7.05. The second-order valence-electron chi connectivity index (χ2n) is 4.82. The summed E-state index contributed by atoms with van der Waals surface area (Å²) in [5.74, 6) is -0.112. The molecule has 0 amide bonds. The van der Waals surface area contributed by atoms with Gasteiger partial charge in [-0.15, -0.1) is 0 Å². The van der Waals surface area contributed by atoms with Crippen molar-refractivity contribution in [2.24, 2.45) is 5.41 Å². The van der Waals surface area contributed by atoms with Crippen molar-refractivity contribution in [2.75, 3.05) is 13.2 Å². The molecular weight excluding hydrogens is 192 g/mol. The summed E-state index contributed by atoms with van der Waals surface area (Å²) in [5, 5.41) is 0. The van der Waals surface area contributed by atoms with E-state index in [1.165, 1.54) is 6.42 Å². The zero-order valence-corrected chi connectivity index (χ0v) is 10.0. The maximum absolute atomic E-state index is 11.7. The summed E-state index contributed by atoms with van der Waals surface area (Å²) in [6, 6.07) is 0. The van der Waals surface area contributed by atoms with Crippen LogP contribution in [0, 0.1) is 5.41 Å². The molecule has 0 aromatic carbocycles. The van der Waals surface area contributed by atoms with E-state index in [4.69, 9.17) is 9.47 Å². The van der Waals surface area contributed by atoms with Crippen LogP contribution in [0.1, 0.15) is 46.5 Å². The predicted octanol–water partition coefficient (Wildman–Crippen LogP) is 2.53. The second kappa shape index (κ2) is 5.50. The third-order valence-electron chi connectivity index (χ3n) is 3.11. The Labute approximate surface area is 92.1 Å². The third-order valence-corrected chi connectivity index (χ3v) is 3.11. The first kappa shape index (κ1) is 12.5. The van der Waals surface area contributed by atoms with Gasteiger partial charge in [0, 0.05) is 6.61 Å². The van der Waals surface area contributed by atoms with Crippen molar-refractivity contribution in [3.63, 3.8) is 0 Å². The summed E-state index contributed by atoms with van der Waals surface area (Å²) >= 11 is 0. The van der Waals surface area contributed by atoms with Crippen LogP contribution in [-0.4, -0.2) is 25.3 Å². The average Bonchev–Trinajstić information content (AvgIpc) is 2.27. The molecule has 3 heteroatoms. The van der Waals surface area contributed by atoms with E-state index in [0.29, 0.717) is 6.61 Å². The molecule has 0 spiro atoms. The van der Waals surface area contributed by atoms with Crippen LogP contribution in [0.5, 0.6) is 0 Å². The topological polar surface area (TPSA) is 35.5 Å². The van der Waals surface area contributed by atoms with Gasteiger partial charge >= 0.3 is 5.97 Å². The van der Waals surface area contributed by atoms with Gasteiger partial charge in [0.1, 0.15) is 6.61 Å². The van der Waals surface area contributed by atoms with Crippen LogP contribution in [0.4, 0.5) is 0 Å². The molecule has 1 aliphatic heterocycles. The Morgan fingerprint density at radius 1 is 1.47 bits per heavy atom. The van der Waals surface area contributed by atoms with Crippen molar-refractivity contribution in [3.05, 3.63) is 0 Å². The van der Waals surface area contributed by atoms with Gasteiger partial charge in [-0.2, -0.15) is 0 Å². The van der Waals surface area contributed by atoms with Crippen molar-refractivity contribution in [2.45, 2.75) is 52.6 Å². The Kier molecular flexibility index (Phi) is 4.58. The predicted molar refractivity (Wildman–Crippen MR) is 58.6 cm³/mol. The minimum absolute atomic E-state index is 0.112. The first-order valence-electron chi connectivity index (χ1n) is 5.85. The molecule has 1 unspecified atom stereocenters. The molecule has 0 aromatic rings. The fourth-order valence-electron chi connectivity index (χ4n) is 1.45. The molecule has 1 fully saturated rings. The highest BCUT2D eigenvalue weighted by molar-refractivity contribution is 5.75. The van der Waals surface area contributed by atoms with E-state index in [0.717, 1.165) is 25.9 Å². The minimum Gasteiger partial charge on any atom is -0.463 e. The molecule has 0 saturated carbocycles. The zero-order valence-electron chi connectivity index (χ0n) is 10.0. The van der Waals surface area contributed by atoms with Crippen LogP contribution in [0.15, 0.2) is 0 Å². The quantitative estimate of drug-likeness (QED) is 0.675. The molecule has 0 aromatic heterocycles. The van der Waals surface area contributed by atoms with E-state index in [-0.39, 0.29) is 17.5 Å². The maximum Gasteiger partial charge on any atom is 0.311 e. The number of hydrogen-bond donors (Lipinski definition) is 0. The molecule has 0 aliphatic carbocycles. The first-order chi connectivity index (χ1) is 7.06. The van der Waals surface area contributed by atoms with E-state index >= 15 is 0 Å². The van der Waals surface area contributed by atoms with E-state index < -0.39 is 0 Å². The monoisotopic (exact) mass is 214 g/mol. The summed E-state index contributed by atoms with van der Waals surface area (Å²) in [6.07, 6.45) is 4.25. The SMILES string of the molecule is CCC(C)(C)C(=O)OCC1CCCCO1. The standard InChI is InChI=1S/C12H22O3/c1-4-12(2,3)11(13)15-9-10-7-5-6-8-14-10/h10H,4-9H2,1-3H3. The summed E-state index contributed by atoms with van der Waals surface area (Å²) in [7, 11) is 0. The van der Waals surface area contributed by atoms with Crippen LogP contribution in [0.3, 0.4) is 0 Å². The van der Waals surface area contributed by atoms with Crippen LogP contribution >= 0.6 is 0 Å². The molecule has 0 bridgehead atoms. The van der Waals surface area contributed by atoms with Crippen molar-refractivity contribution in [1.29, 1.82) is 0 Å². The first-order valence-corrected chi connectivity index (χ1v) is 5.85. The van der Waals surface area contributed by atoms with Gasteiger partial charge < -0.3 is 9.47 Å². The molecular formula is C12H22O3. The fourth-order valence-corrected chi connectivity index (χ4v) is 1.45. The maximum atomic E-state index is 11.7. The van der Waals surface area contributed by atoms with E-state index in [9.17, 15) is 4.79 Å².